The number of ether oxygens (including phenoxy) is 1. The molecule has 2 atom stereocenters. The highest BCUT2D eigenvalue weighted by molar-refractivity contribution is 5.87. The van der Waals surface area contributed by atoms with Crippen molar-refractivity contribution in [3.8, 4) is 0 Å². The average Bonchev–Trinajstić information content (AvgIpc) is 3.13. The molecule has 0 saturated carbocycles. The number of carbonyl (C=O) groups excluding carboxylic acids is 3. The molecule has 0 bridgehead atoms. The lowest BCUT2D eigenvalue weighted by atomic mass is 10.0. The van der Waals surface area contributed by atoms with Crippen LogP contribution in [-0.4, -0.2) is 59.3 Å². The number of aliphatic carboxylic acids is 1. The van der Waals surface area contributed by atoms with Gasteiger partial charge < -0.3 is 25.6 Å². The minimum absolute atomic E-state index is 0.107. The number of aliphatic hydroxyl groups is 1. The van der Waals surface area contributed by atoms with E-state index in [4.69, 9.17) is 14.9 Å². The summed E-state index contributed by atoms with van der Waals surface area (Å²) in [7, 11) is 0. The minimum atomic E-state index is -1.39. The number of carboxylic acid groups (broad SMARTS) is 1. The summed E-state index contributed by atoms with van der Waals surface area (Å²) in [6.45, 7) is 3.45. The first kappa shape index (κ1) is 49.6. The molecule has 0 rings (SSSR count). The van der Waals surface area contributed by atoms with Crippen LogP contribution in [0.1, 0.15) is 213 Å². The van der Waals surface area contributed by atoms with Crippen molar-refractivity contribution in [2.75, 3.05) is 13.2 Å². The lowest BCUT2D eigenvalue weighted by molar-refractivity contribution is -0.147. The minimum Gasteiger partial charge on any atom is -0.480 e. The number of hydrogen-bond donors (Lipinski definition) is 4. The Morgan fingerprint density at radius 3 is 1.50 bits per heavy atom. The average molecular weight is 737 g/mol. The van der Waals surface area contributed by atoms with E-state index in [9.17, 15) is 19.2 Å². The van der Waals surface area contributed by atoms with Crippen LogP contribution in [0, 0.1) is 0 Å². The van der Waals surface area contributed by atoms with Gasteiger partial charge in [-0.2, -0.15) is 0 Å². The number of amides is 2. The maximum absolute atomic E-state index is 12.7. The molecule has 0 aliphatic rings. The number of carbonyl (C=O) groups is 4. The molecule has 0 aromatic carbocycles. The second kappa shape index (κ2) is 38.3. The molecule has 0 radical (unpaired) electrons. The van der Waals surface area contributed by atoms with Gasteiger partial charge >= 0.3 is 11.9 Å². The first-order valence-electron chi connectivity index (χ1n) is 21.6. The quantitative estimate of drug-likeness (QED) is 0.0279. The summed E-state index contributed by atoms with van der Waals surface area (Å²) in [4.78, 5) is 47.5. The normalized spacial score (nSPS) is 12.5. The van der Waals surface area contributed by atoms with Gasteiger partial charge in [0.2, 0.25) is 11.8 Å². The molecule has 4 N–H and O–H groups in total. The van der Waals surface area contributed by atoms with Crippen molar-refractivity contribution in [3.05, 3.63) is 12.2 Å². The fourth-order valence-electron chi connectivity index (χ4n) is 6.39. The molecule has 0 heterocycles. The zero-order valence-electron chi connectivity index (χ0n) is 33.6. The topological polar surface area (TPSA) is 142 Å². The van der Waals surface area contributed by atoms with Gasteiger partial charge in [0, 0.05) is 12.8 Å². The van der Waals surface area contributed by atoms with Crippen LogP contribution in [0.25, 0.3) is 0 Å². The monoisotopic (exact) mass is 737 g/mol. The van der Waals surface area contributed by atoms with Crippen LogP contribution in [0.3, 0.4) is 0 Å². The summed E-state index contributed by atoms with van der Waals surface area (Å²) >= 11 is 0. The van der Waals surface area contributed by atoms with Gasteiger partial charge in [0.25, 0.3) is 0 Å². The molecule has 9 nitrogen and oxygen atoms in total. The van der Waals surface area contributed by atoms with Crippen molar-refractivity contribution >= 4 is 23.8 Å². The predicted molar refractivity (Wildman–Crippen MR) is 213 cm³/mol. The van der Waals surface area contributed by atoms with Crippen molar-refractivity contribution < 1.29 is 34.1 Å². The van der Waals surface area contributed by atoms with Gasteiger partial charge in [-0.25, -0.2) is 4.79 Å². The fourth-order valence-corrected chi connectivity index (χ4v) is 6.39. The lowest BCUT2D eigenvalue weighted by Crippen LogP contribution is -2.47. The van der Waals surface area contributed by atoms with E-state index in [1.54, 1.807) is 0 Å². The Labute approximate surface area is 318 Å². The molecule has 0 fully saturated rings. The summed E-state index contributed by atoms with van der Waals surface area (Å²) in [6.07, 6.45) is 39.7. The van der Waals surface area contributed by atoms with E-state index in [2.05, 4.69) is 36.6 Å². The summed E-state index contributed by atoms with van der Waals surface area (Å²) in [6, 6.07) is -1.39. The molecule has 2 unspecified atom stereocenters. The van der Waals surface area contributed by atoms with Gasteiger partial charge in [0.15, 0.2) is 0 Å². The summed E-state index contributed by atoms with van der Waals surface area (Å²) < 4.78 is 5.91. The summed E-state index contributed by atoms with van der Waals surface area (Å²) in [5.74, 6) is -2.38. The third-order valence-corrected chi connectivity index (χ3v) is 9.75. The standard InChI is InChI=1S/C43H80N2O7/c1-3-5-7-9-11-13-14-15-16-17-18-19-20-21-23-25-31-35-42(49)52-38(32-28-24-22-12-10-8-6-4-2)33-29-26-27-30-34-40(47)44-36-41(48)45-39(37-46)43(50)51/h28,32,38-39,46H,3-27,29-31,33-37H2,1-2H3,(H,44,47)(H,45,48)(H,50,51)/b32-28-. The highest BCUT2D eigenvalue weighted by Gasteiger charge is 2.18. The van der Waals surface area contributed by atoms with E-state index in [1.165, 1.54) is 128 Å². The number of nitrogens with one attached hydrogen (secondary N) is 2. The van der Waals surface area contributed by atoms with Gasteiger partial charge in [0.05, 0.1) is 13.2 Å². The second-order valence-electron chi connectivity index (χ2n) is 14.8. The number of allylic oxidation sites excluding steroid dienone is 1. The number of carboxylic acids is 1. The molecule has 0 aromatic rings. The maximum atomic E-state index is 12.7. The molecular weight excluding hydrogens is 656 g/mol. The van der Waals surface area contributed by atoms with Crippen molar-refractivity contribution in [2.45, 2.75) is 225 Å². The van der Waals surface area contributed by atoms with Crippen molar-refractivity contribution in [1.29, 1.82) is 0 Å². The Hall–Kier alpha value is -2.42. The number of rotatable bonds is 39. The molecule has 304 valence electrons. The molecule has 0 aliphatic carbocycles. The third-order valence-electron chi connectivity index (χ3n) is 9.75. The summed E-state index contributed by atoms with van der Waals surface area (Å²) in [5.41, 5.74) is 0. The Balaban J connectivity index is 4.19. The van der Waals surface area contributed by atoms with Crippen LogP contribution in [0.15, 0.2) is 12.2 Å². The number of hydrogen-bond acceptors (Lipinski definition) is 6. The van der Waals surface area contributed by atoms with Crippen LogP contribution in [0.2, 0.25) is 0 Å². The lowest BCUT2D eigenvalue weighted by Gasteiger charge is -2.15. The number of unbranched alkanes of at least 4 members (excludes halogenated alkanes) is 25. The van der Waals surface area contributed by atoms with Crippen LogP contribution >= 0.6 is 0 Å². The second-order valence-corrected chi connectivity index (χ2v) is 14.8. The van der Waals surface area contributed by atoms with E-state index < -0.39 is 24.5 Å². The zero-order chi connectivity index (χ0) is 38.3. The Morgan fingerprint density at radius 2 is 1.02 bits per heavy atom. The van der Waals surface area contributed by atoms with Gasteiger partial charge in [-0.05, 0) is 44.6 Å². The van der Waals surface area contributed by atoms with E-state index in [-0.39, 0.29) is 30.9 Å². The molecule has 0 saturated heterocycles. The van der Waals surface area contributed by atoms with Crippen molar-refractivity contribution in [1.82, 2.24) is 10.6 Å². The predicted octanol–water partition coefficient (Wildman–Crippen LogP) is 10.3. The largest absolute Gasteiger partial charge is 0.480 e. The molecule has 0 aromatic heterocycles. The van der Waals surface area contributed by atoms with E-state index >= 15 is 0 Å². The van der Waals surface area contributed by atoms with Crippen LogP contribution in [-0.2, 0) is 23.9 Å². The van der Waals surface area contributed by atoms with Crippen molar-refractivity contribution in [3.63, 3.8) is 0 Å². The van der Waals surface area contributed by atoms with E-state index in [0.717, 1.165) is 51.4 Å². The number of aliphatic hydroxyl groups excluding tert-OH is 1. The Kier molecular flexibility index (Phi) is 36.5. The van der Waals surface area contributed by atoms with Gasteiger partial charge in [-0.15, -0.1) is 0 Å². The van der Waals surface area contributed by atoms with Crippen molar-refractivity contribution in [2.24, 2.45) is 0 Å². The van der Waals surface area contributed by atoms with Gasteiger partial charge in [-0.1, -0.05) is 168 Å². The molecule has 0 aliphatic heterocycles. The van der Waals surface area contributed by atoms with Crippen LogP contribution in [0.4, 0.5) is 0 Å². The van der Waals surface area contributed by atoms with E-state index in [1.807, 2.05) is 0 Å². The Bertz CT molecular complexity index is 895. The zero-order valence-corrected chi connectivity index (χ0v) is 33.6. The highest BCUT2D eigenvalue weighted by Crippen LogP contribution is 2.16. The van der Waals surface area contributed by atoms with E-state index in [0.29, 0.717) is 12.8 Å². The highest BCUT2D eigenvalue weighted by atomic mass is 16.5. The molecule has 0 spiro atoms. The number of esters is 1. The third kappa shape index (κ3) is 34.7. The SMILES string of the molecule is CCCCCCCC/C=C\C(CCCCCCC(=O)NCC(=O)NC(CO)C(=O)O)OC(=O)CCCCCCCCCCCCCCCCCCC. The smallest absolute Gasteiger partial charge is 0.328 e. The first-order valence-corrected chi connectivity index (χ1v) is 21.6. The first-order chi connectivity index (χ1) is 25.3. The van der Waals surface area contributed by atoms with Crippen LogP contribution < -0.4 is 10.6 Å². The van der Waals surface area contributed by atoms with Gasteiger partial charge in [0.1, 0.15) is 12.1 Å². The molecule has 9 heteroatoms. The molecule has 2 amide bonds. The molecule has 52 heavy (non-hydrogen) atoms. The Morgan fingerprint density at radius 1 is 0.577 bits per heavy atom. The maximum Gasteiger partial charge on any atom is 0.328 e. The summed E-state index contributed by atoms with van der Waals surface area (Å²) in [5, 5.41) is 22.5. The fraction of sp³-hybridized carbons (Fsp3) is 0.860. The van der Waals surface area contributed by atoms with Crippen LogP contribution in [0.5, 0.6) is 0 Å². The van der Waals surface area contributed by atoms with Gasteiger partial charge in [-0.3, -0.25) is 14.4 Å². The molecular formula is C43H80N2O7.